The van der Waals surface area contributed by atoms with Crippen LogP contribution >= 0.6 is 0 Å². The average Bonchev–Trinajstić information content (AvgIpc) is 1.55. The minimum Gasteiger partial charge on any atom is -0.507 e. The molecular weight excluding hydrogens is 1310 g/mol. The van der Waals surface area contributed by atoms with E-state index in [0.29, 0.717) is 11.4 Å². The summed E-state index contributed by atoms with van der Waals surface area (Å²) in [5.41, 5.74) is 23.7. The molecule has 8 heteroatoms. The van der Waals surface area contributed by atoms with Crippen molar-refractivity contribution >= 4 is 44.0 Å². The molecule has 4 heterocycles. The van der Waals surface area contributed by atoms with Crippen molar-refractivity contribution in [2.75, 3.05) is 0 Å². The number of rotatable bonds is 8. The molecule has 13 rings (SSSR count). The minimum absolute atomic E-state index is 0. The van der Waals surface area contributed by atoms with Crippen molar-refractivity contribution in [1.29, 1.82) is 0 Å². The third-order valence-electron chi connectivity index (χ3n) is 18.4. The third kappa shape index (κ3) is 11.3. The number of nitrogens with zero attached hydrogens (tertiary/aromatic N) is 5. The first-order chi connectivity index (χ1) is 42.9. The van der Waals surface area contributed by atoms with Crippen LogP contribution in [-0.4, -0.2) is 29.2 Å². The molecule has 0 aliphatic heterocycles. The van der Waals surface area contributed by atoms with Crippen LogP contribution in [0.2, 0.25) is 0 Å². The summed E-state index contributed by atoms with van der Waals surface area (Å²) in [4.78, 5) is 16.8. The SMILES string of the molecule is Cc1cc(-c2[c-]c(-c3nc4ccc5c6ccc(C(C)(C)C)cc6oc5c4n3-c3c(-c4ccccc4)cccc3-c3ccccc3)cc(C(C)(C)C)c2)c2nc(-c3cc(C(C)(C)C)cc(C(C)(C)C)c3O)n(-c3ccc(C(C)(C)C)cc3-c3ccc(C)nc3C)c2c1.[Pt]. The smallest absolute Gasteiger partial charge is 0.161 e. The summed E-state index contributed by atoms with van der Waals surface area (Å²) in [6, 6.07) is 67.8. The molecule has 0 bridgehead atoms. The Morgan fingerprint density at radius 1 is 0.435 bits per heavy atom. The molecule has 0 saturated heterocycles. The number of benzene rings is 9. The van der Waals surface area contributed by atoms with Crippen LogP contribution in [0.4, 0.5) is 0 Å². The van der Waals surface area contributed by atoms with Crippen LogP contribution in [0.5, 0.6) is 5.75 Å². The van der Waals surface area contributed by atoms with Crippen molar-refractivity contribution in [2.24, 2.45) is 0 Å². The fourth-order valence-electron chi connectivity index (χ4n) is 13.2. The van der Waals surface area contributed by atoms with E-state index in [1.54, 1.807) is 0 Å². The van der Waals surface area contributed by atoms with E-state index in [0.717, 1.165) is 145 Å². The molecule has 92 heavy (non-hydrogen) atoms. The van der Waals surface area contributed by atoms with Crippen LogP contribution in [0.15, 0.2) is 180 Å². The standard InChI is InChI=1S/C84H84N5O2.Pt/c1-49-40-65(73-71(41-49)88(79(87-73)67-46-59(83(13,14)15)47-68(76(67)90)84(16,17)18)70-39-34-56(80(4,5)6)45-66(70)60-35-32-50(2)85-51(60)3)54-42-55(44-58(43-54)82(10,11)12)78-86-69-38-37-64-63-36-33-57(81(7,8)9)48-72(63)91-77(64)75(69)89(78)74-61(52-26-21-19-22-27-52)30-25-31-62(74)53-28-23-20-24-29-53;/h19-41,43-48,90H,1-18H3;/q-1;. The minimum atomic E-state index is -0.395. The molecule has 0 unspecified atom stereocenters. The zero-order chi connectivity index (χ0) is 64.6. The largest absolute Gasteiger partial charge is 0.507 e. The topological polar surface area (TPSA) is 81.9 Å². The van der Waals surface area contributed by atoms with Crippen LogP contribution in [0, 0.1) is 26.8 Å². The van der Waals surface area contributed by atoms with Gasteiger partial charge in [0.2, 0.25) is 0 Å². The van der Waals surface area contributed by atoms with Crippen molar-refractivity contribution in [1.82, 2.24) is 24.1 Å². The maximum atomic E-state index is 13.0. The van der Waals surface area contributed by atoms with E-state index in [9.17, 15) is 5.11 Å². The van der Waals surface area contributed by atoms with Gasteiger partial charge in [0.05, 0.1) is 39.3 Å². The van der Waals surface area contributed by atoms with E-state index in [4.69, 9.17) is 19.4 Å². The van der Waals surface area contributed by atoms with Crippen molar-refractivity contribution < 1.29 is 30.6 Å². The van der Waals surface area contributed by atoms with Gasteiger partial charge in [0.1, 0.15) is 22.7 Å². The van der Waals surface area contributed by atoms with Crippen LogP contribution in [0.1, 0.15) is 149 Å². The van der Waals surface area contributed by atoms with Gasteiger partial charge in [-0.2, -0.15) is 0 Å². The molecule has 0 saturated carbocycles. The molecule has 0 fully saturated rings. The summed E-state index contributed by atoms with van der Waals surface area (Å²) in [6.07, 6.45) is 0. The first-order valence-corrected chi connectivity index (χ1v) is 32.1. The number of imidazole rings is 2. The van der Waals surface area contributed by atoms with E-state index >= 15 is 0 Å². The number of fused-ring (bicyclic) bond motifs is 6. The summed E-state index contributed by atoms with van der Waals surface area (Å²) >= 11 is 0. The zero-order valence-corrected chi connectivity index (χ0v) is 58.9. The summed E-state index contributed by atoms with van der Waals surface area (Å²) < 4.78 is 11.9. The van der Waals surface area contributed by atoms with Gasteiger partial charge in [0.25, 0.3) is 0 Å². The molecule has 1 N–H and O–H groups in total. The second-order valence-electron chi connectivity index (χ2n) is 30.5. The van der Waals surface area contributed by atoms with Gasteiger partial charge in [-0.3, -0.25) is 14.5 Å². The van der Waals surface area contributed by atoms with Gasteiger partial charge in [-0.15, -0.1) is 29.3 Å². The Labute approximate surface area is 557 Å². The van der Waals surface area contributed by atoms with E-state index < -0.39 is 5.41 Å². The summed E-state index contributed by atoms with van der Waals surface area (Å²) in [5.74, 6) is 1.59. The Hall–Kier alpha value is -8.64. The number of aromatic nitrogens is 5. The number of aryl methyl sites for hydroxylation is 3. The Bertz CT molecular complexity index is 4990. The Morgan fingerprint density at radius 2 is 1.01 bits per heavy atom. The number of hydrogen-bond donors (Lipinski definition) is 1. The van der Waals surface area contributed by atoms with Crippen LogP contribution < -0.4 is 0 Å². The zero-order valence-electron chi connectivity index (χ0n) is 56.7. The Morgan fingerprint density at radius 3 is 1.62 bits per heavy atom. The number of furan rings is 1. The molecule has 0 aliphatic carbocycles. The van der Waals surface area contributed by atoms with E-state index in [1.165, 1.54) is 11.1 Å². The van der Waals surface area contributed by atoms with Crippen molar-refractivity contribution in [3.8, 4) is 84.4 Å². The molecule has 468 valence electrons. The van der Waals surface area contributed by atoms with E-state index in [1.807, 2.05) is 6.92 Å². The molecule has 4 aromatic heterocycles. The number of phenols is 1. The Balaban J connectivity index is 0.00000816. The fraction of sp³-hybridized carbons (Fsp3) is 0.274. The molecular formula is C84H84N5O2Pt-. The maximum absolute atomic E-state index is 13.0. The van der Waals surface area contributed by atoms with Gasteiger partial charge in [0, 0.05) is 71.0 Å². The van der Waals surface area contributed by atoms with E-state index in [-0.39, 0.29) is 48.5 Å². The molecule has 0 radical (unpaired) electrons. The molecule has 7 nitrogen and oxygen atoms in total. The van der Waals surface area contributed by atoms with Crippen LogP contribution in [-0.2, 0) is 48.1 Å². The van der Waals surface area contributed by atoms with Gasteiger partial charge in [-0.25, -0.2) is 4.98 Å². The molecule has 0 amide bonds. The molecule has 13 aromatic rings. The fourth-order valence-corrected chi connectivity index (χ4v) is 13.2. The normalized spacial score (nSPS) is 12.6. The van der Waals surface area contributed by atoms with Crippen molar-refractivity contribution in [3.63, 3.8) is 0 Å². The molecule has 0 spiro atoms. The van der Waals surface area contributed by atoms with Crippen molar-refractivity contribution in [2.45, 2.75) is 152 Å². The molecule has 0 aliphatic rings. The number of aromatic hydroxyl groups is 1. The molecule has 9 aromatic carbocycles. The Kier molecular flexibility index (Phi) is 15.8. The van der Waals surface area contributed by atoms with Crippen LogP contribution in [0.3, 0.4) is 0 Å². The monoisotopic (exact) mass is 1390 g/mol. The van der Waals surface area contributed by atoms with Gasteiger partial charge in [-0.1, -0.05) is 236 Å². The van der Waals surface area contributed by atoms with Crippen LogP contribution in [0.25, 0.3) is 123 Å². The summed E-state index contributed by atoms with van der Waals surface area (Å²) in [5, 5.41) is 15.1. The van der Waals surface area contributed by atoms with Crippen molar-refractivity contribution in [3.05, 3.63) is 227 Å². The number of para-hydroxylation sites is 1. The summed E-state index contributed by atoms with van der Waals surface area (Å²) in [7, 11) is 0. The van der Waals surface area contributed by atoms with Gasteiger partial charge in [0.15, 0.2) is 5.58 Å². The number of hydrogen-bond acceptors (Lipinski definition) is 5. The number of pyridine rings is 1. The van der Waals surface area contributed by atoms with Gasteiger partial charge >= 0.3 is 0 Å². The first kappa shape index (κ1) is 63.5. The second-order valence-corrected chi connectivity index (χ2v) is 30.5. The maximum Gasteiger partial charge on any atom is 0.161 e. The van der Waals surface area contributed by atoms with Gasteiger partial charge in [-0.05, 0) is 124 Å². The van der Waals surface area contributed by atoms with E-state index in [2.05, 4.69) is 309 Å². The quantitative estimate of drug-likeness (QED) is 0.153. The third-order valence-corrected chi connectivity index (χ3v) is 18.4. The predicted octanol–water partition coefficient (Wildman–Crippen LogP) is 22.6. The van der Waals surface area contributed by atoms with Gasteiger partial charge < -0.3 is 14.1 Å². The number of phenolic OH excluding ortho intramolecular Hbond substituents is 1. The predicted molar refractivity (Wildman–Crippen MR) is 382 cm³/mol. The first-order valence-electron chi connectivity index (χ1n) is 32.1. The molecule has 0 atom stereocenters. The second kappa shape index (κ2) is 22.9. The summed E-state index contributed by atoms with van der Waals surface area (Å²) in [6.45, 7) is 40.0. The average molecular weight is 1390 g/mol.